The fraction of sp³-hybridized carbons (Fsp3) is 0.500. The van der Waals surface area contributed by atoms with Crippen LogP contribution in [0.25, 0.3) is 11.0 Å². The van der Waals surface area contributed by atoms with E-state index < -0.39 is 0 Å². The minimum absolute atomic E-state index is 0.370. The molecule has 0 bridgehead atoms. The monoisotopic (exact) mass is 364 g/mol. The van der Waals surface area contributed by atoms with Gasteiger partial charge < -0.3 is 14.2 Å². The number of anilines is 1. The topological polar surface area (TPSA) is 69.0 Å². The first kappa shape index (κ1) is 16.6. The number of hydrogen-bond acceptors (Lipinski definition) is 6. The molecule has 2 fully saturated rings. The minimum atomic E-state index is 0.370. The molecule has 3 aromatic rings. The van der Waals surface area contributed by atoms with Crippen LogP contribution in [-0.2, 0) is 11.2 Å². The van der Waals surface area contributed by atoms with Gasteiger partial charge in [0.1, 0.15) is 5.52 Å². The van der Waals surface area contributed by atoms with E-state index in [4.69, 9.17) is 9.72 Å². The van der Waals surface area contributed by atoms with E-state index in [1.807, 2.05) is 24.8 Å². The normalized spacial score (nSPS) is 22.1. The number of pyridine rings is 1. The summed E-state index contributed by atoms with van der Waals surface area (Å²) in [6.07, 6.45) is 6.29. The summed E-state index contributed by atoms with van der Waals surface area (Å²) in [4.78, 5) is 20.6. The van der Waals surface area contributed by atoms with Crippen LogP contribution in [0.3, 0.4) is 0 Å². The molecule has 7 nitrogen and oxygen atoms in total. The van der Waals surface area contributed by atoms with Gasteiger partial charge in [0.25, 0.3) is 0 Å². The van der Waals surface area contributed by atoms with Gasteiger partial charge in [-0.15, -0.1) is 0 Å². The van der Waals surface area contributed by atoms with Gasteiger partial charge in [0.15, 0.2) is 0 Å². The maximum atomic E-state index is 5.57. The highest BCUT2D eigenvalue weighted by molar-refractivity contribution is 5.74. The Bertz CT molecular complexity index is 956. The van der Waals surface area contributed by atoms with Crippen molar-refractivity contribution < 1.29 is 4.74 Å². The van der Waals surface area contributed by atoms with Crippen LogP contribution in [0, 0.1) is 11.8 Å². The average Bonchev–Trinajstić information content (AvgIpc) is 3.36. The lowest BCUT2D eigenvalue weighted by Crippen LogP contribution is -2.24. The van der Waals surface area contributed by atoms with Crippen molar-refractivity contribution in [2.45, 2.75) is 26.3 Å². The number of fused-ring (bicyclic) bond motifs is 2. The Kier molecular flexibility index (Phi) is 4.04. The molecule has 0 radical (unpaired) electrons. The Hall–Kier alpha value is -2.54. The summed E-state index contributed by atoms with van der Waals surface area (Å²) < 4.78 is 7.75. The van der Waals surface area contributed by atoms with E-state index in [2.05, 4.69) is 44.3 Å². The average molecular weight is 364 g/mol. The number of nitrogens with zero attached hydrogens (tertiary/aromatic N) is 6. The van der Waals surface area contributed by atoms with E-state index in [0.29, 0.717) is 24.3 Å². The Morgan fingerprint density at radius 2 is 1.93 bits per heavy atom. The first-order chi connectivity index (χ1) is 13.2. The molecule has 2 unspecified atom stereocenters. The Morgan fingerprint density at radius 1 is 1.11 bits per heavy atom. The largest absolute Gasteiger partial charge is 0.381 e. The molecular formula is C20H24N6O. The first-order valence-corrected chi connectivity index (χ1v) is 9.63. The van der Waals surface area contributed by atoms with E-state index in [-0.39, 0.29) is 0 Å². The Balaban J connectivity index is 1.38. The zero-order chi connectivity index (χ0) is 18.4. The van der Waals surface area contributed by atoms with Gasteiger partial charge in [0, 0.05) is 49.3 Å². The van der Waals surface area contributed by atoms with E-state index >= 15 is 0 Å². The van der Waals surface area contributed by atoms with Gasteiger partial charge in [-0.3, -0.25) is 4.98 Å². The molecule has 0 saturated carbocycles. The van der Waals surface area contributed by atoms with Gasteiger partial charge in [0.05, 0.1) is 36.9 Å². The summed E-state index contributed by atoms with van der Waals surface area (Å²) in [7, 11) is 0. The molecule has 5 rings (SSSR count). The highest BCUT2D eigenvalue weighted by Gasteiger charge is 2.38. The number of aromatic nitrogens is 5. The van der Waals surface area contributed by atoms with E-state index in [1.165, 1.54) is 0 Å². The molecule has 140 valence electrons. The molecule has 7 heteroatoms. The third kappa shape index (κ3) is 3.06. The van der Waals surface area contributed by atoms with Crippen LogP contribution in [-0.4, -0.2) is 50.8 Å². The van der Waals surface area contributed by atoms with Crippen LogP contribution < -0.4 is 4.90 Å². The fourth-order valence-electron chi connectivity index (χ4n) is 4.15. The molecule has 0 aromatic carbocycles. The van der Waals surface area contributed by atoms with Gasteiger partial charge in [-0.2, -0.15) is 0 Å². The highest BCUT2D eigenvalue weighted by Crippen LogP contribution is 2.31. The van der Waals surface area contributed by atoms with Crippen molar-refractivity contribution in [3.8, 4) is 0 Å². The molecule has 5 heterocycles. The smallest absolute Gasteiger partial charge is 0.225 e. The zero-order valence-corrected chi connectivity index (χ0v) is 15.7. The minimum Gasteiger partial charge on any atom is -0.381 e. The lowest BCUT2D eigenvalue weighted by atomic mass is 10.0. The maximum Gasteiger partial charge on any atom is 0.225 e. The molecule has 27 heavy (non-hydrogen) atoms. The van der Waals surface area contributed by atoms with Gasteiger partial charge in [-0.1, -0.05) is 0 Å². The van der Waals surface area contributed by atoms with Crippen molar-refractivity contribution >= 4 is 17.0 Å². The number of hydrogen-bond donors (Lipinski definition) is 0. The molecular weight excluding hydrogens is 340 g/mol. The van der Waals surface area contributed by atoms with Crippen LogP contribution in [0.1, 0.15) is 31.3 Å². The maximum absolute atomic E-state index is 5.57. The van der Waals surface area contributed by atoms with Gasteiger partial charge in [-0.05, 0) is 26.0 Å². The number of imidazole rings is 1. The highest BCUT2D eigenvalue weighted by atomic mass is 16.5. The third-order valence-electron chi connectivity index (χ3n) is 5.66. The second-order valence-corrected chi connectivity index (χ2v) is 7.90. The second kappa shape index (κ2) is 6.56. The van der Waals surface area contributed by atoms with Gasteiger partial charge >= 0.3 is 0 Å². The predicted molar refractivity (Wildman–Crippen MR) is 103 cm³/mol. The summed E-state index contributed by atoms with van der Waals surface area (Å²) in [5, 5.41) is 0. The molecule has 2 atom stereocenters. The molecule has 0 amide bonds. The zero-order valence-electron chi connectivity index (χ0n) is 15.7. The molecule has 3 aromatic heterocycles. The van der Waals surface area contributed by atoms with E-state index in [1.54, 1.807) is 0 Å². The van der Waals surface area contributed by atoms with Crippen molar-refractivity contribution in [3.05, 3.63) is 42.2 Å². The van der Waals surface area contributed by atoms with Crippen molar-refractivity contribution in [1.82, 2.24) is 24.5 Å². The molecule has 0 spiro atoms. The summed E-state index contributed by atoms with van der Waals surface area (Å²) in [6, 6.07) is 4.48. The Labute approximate surface area is 158 Å². The SMILES string of the molecule is CC(C)n1cnc2cnc(Cc3ccnc(N4CC5COCC5C4)n3)cc21. The fourth-order valence-corrected chi connectivity index (χ4v) is 4.15. The van der Waals surface area contributed by atoms with Gasteiger partial charge in [0.2, 0.25) is 5.95 Å². The molecule has 0 aliphatic carbocycles. The Morgan fingerprint density at radius 3 is 2.70 bits per heavy atom. The number of ether oxygens (including phenoxy) is 1. The first-order valence-electron chi connectivity index (χ1n) is 9.63. The van der Waals surface area contributed by atoms with Crippen molar-refractivity contribution in [2.24, 2.45) is 11.8 Å². The predicted octanol–water partition coefficient (Wildman–Crippen LogP) is 2.48. The van der Waals surface area contributed by atoms with E-state index in [9.17, 15) is 0 Å². The third-order valence-corrected chi connectivity index (χ3v) is 5.66. The number of rotatable bonds is 4. The van der Waals surface area contributed by atoms with Crippen molar-refractivity contribution in [2.75, 3.05) is 31.2 Å². The molecule has 2 saturated heterocycles. The lowest BCUT2D eigenvalue weighted by molar-refractivity contribution is 0.177. The van der Waals surface area contributed by atoms with Gasteiger partial charge in [-0.25, -0.2) is 15.0 Å². The molecule has 2 aliphatic rings. The lowest BCUT2D eigenvalue weighted by Gasteiger charge is -2.17. The molecule has 2 aliphatic heterocycles. The van der Waals surface area contributed by atoms with E-state index in [0.717, 1.165) is 54.7 Å². The van der Waals surface area contributed by atoms with Crippen LogP contribution in [0.4, 0.5) is 5.95 Å². The van der Waals surface area contributed by atoms with Crippen LogP contribution in [0.2, 0.25) is 0 Å². The summed E-state index contributed by atoms with van der Waals surface area (Å²) in [5.74, 6) is 2.07. The van der Waals surface area contributed by atoms with Crippen LogP contribution >= 0.6 is 0 Å². The second-order valence-electron chi connectivity index (χ2n) is 7.90. The summed E-state index contributed by atoms with van der Waals surface area (Å²) in [5.41, 5.74) is 4.05. The van der Waals surface area contributed by atoms with Crippen molar-refractivity contribution in [3.63, 3.8) is 0 Å². The standard InChI is InChI=1S/C20H24N6O/c1-13(2)26-12-23-18-7-22-17(6-19(18)26)5-16-3-4-21-20(24-16)25-8-14-10-27-11-15(14)9-25/h3-4,6-7,12-15H,5,8-11H2,1-2H3. The molecule has 0 N–H and O–H groups in total. The summed E-state index contributed by atoms with van der Waals surface area (Å²) in [6.45, 7) is 8.04. The summed E-state index contributed by atoms with van der Waals surface area (Å²) >= 11 is 0. The quantitative estimate of drug-likeness (QED) is 0.708. The van der Waals surface area contributed by atoms with Crippen LogP contribution in [0.5, 0.6) is 0 Å². The van der Waals surface area contributed by atoms with Crippen LogP contribution in [0.15, 0.2) is 30.9 Å². The van der Waals surface area contributed by atoms with Crippen molar-refractivity contribution in [1.29, 1.82) is 0 Å².